The van der Waals surface area contributed by atoms with Crippen LogP contribution < -0.4 is 0 Å². The molecule has 1 aliphatic rings. The van der Waals surface area contributed by atoms with Gasteiger partial charge >= 0.3 is 0 Å². The topological polar surface area (TPSA) is 9.23 Å². The lowest BCUT2D eigenvalue weighted by Gasteiger charge is -2.61. The van der Waals surface area contributed by atoms with Gasteiger partial charge in [-0.3, -0.25) is 0 Å². The van der Waals surface area contributed by atoms with Crippen LogP contribution in [0.25, 0.3) is 0 Å². The quantitative estimate of drug-likeness (QED) is 0.181. The predicted octanol–water partition coefficient (Wildman–Crippen LogP) is 9.82. The van der Waals surface area contributed by atoms with Gasteiger partial charge < -0.3 is 4.43 Å². The molecule has 0 spiro atoms. The first-order valence-corrected chi connectivity index (χ1v) is 23.6. The van der Waals surface area contributed by atoms with E-state index in [2.05, 4.69) is 41.5 Å². The van der Waals surface area contributed by atoms with Crippen LogP contribution in [0.4, 0.5) is 0 Å². The summed E-state index contributed by atoms with van der Waals surface area (Å²) in [6, 6.07) is 11.3. The van der Waals surface area contributed by atoms with Gasteiger partial charge in [0.05, 0.1) is 14.7 Å². The van der Waals surface area contributed by atoms with Crippen molar-refractivity contribution in [2.75, 3.05) is 6.61 Å². The smallest absolute Gasteiger partial charge is 0.177 e. The van der Waals surface area contributed by atoms with Crippen molar-refractivity contribution in [1.82, 2.24) is 0 Å². The molecule has 1 fully saturated rings. The summed E-state index contributed by atoms with van der Waals surface area (Å²) >= 11 is 0. The maximum absolute atomic E-state index is 7.33. The van der Waals surface area contributed by atoms with E-state index >= 15 is 0 Å². The highest BCUT2D eigenvalue weighted by Crippen LogP contribution is 2.52. The summed E-state index contributed by atoms with van der Waals surface area (Å²) in [5, 5.41) is 0. The minimum absolute atomic E-state index is 1.17. The number of unbranched alkanes of at least 4 members (excludes halogenated alkanes) is 6. The summed E-state index contributed by atoms with van der Waals surface area (Å²) in [4.78, 5) is 0. The third kappa shape index (κ3) is 6.81. The molecule has 0 atom stereocenters. The Hall–Kier alpha value is 0.611. The van der Waals surface area contributed by atoms with Crippen molar-refractivity contribution in [3.63, 3.8) is 0 Å². The second-order valence-electron chi connectivity index (χ2n) is 10.6. The summed E-state index contributed by atoms with van der Waals surface area (Å²) in [6.07, 6.45) is 17.3. The Morgan fingerprint density at radius 3 is 1.27 bits per heavy atom. The van der Waals surface area contributed by atoms with E-state index in [0.29, 0.717) is 0 Å². The van der Waals surface area contributed by atoms with Crippen molar-refractivity contribution < 1.29 is 4.43 Å². The second kappa shape index (κ2) is 15.4. The summed E-state index contributed by atoms with van der Waals surface area (Å²) in [7, 11) is -4.23. The summed E-state index contributed by atoms with van der Waals surface area (Å²) in [5.41, 5.74) is 0. The lowest BCUT2D eigenvalue weighted by molar-refractivity contribution is 0.322. The van der Waals surface area contributed by atoms with Crippen LogP contribution in [0.3, 0.4) is 0 Å². The molecule has 0 aliphatic carbocycles. The van der Waals surface area contributed by atoms with Crippen molar-refractivity contribution in [2.24, 2.45) is 0 Å². The third-order valence-corrected chi connectivity index (χ3v) is 49.1. The van der Waals surface area contributed by atoms with Crippen LogP contribution >= 0.6 is 0 Å². The standard InChI is InChI=1S/C26H58OSi3/c1-7-13-20-28(21-14-8-2)26-19-27-29(22-15-9-3,23-16-10-4)30(28,24-17-11-5)25-18-12-6/h7-26H2,1-6H3. The SMILES string of the molecule is CCCC[Si]1(CCCC)CCO[Si](CCCC)(CCCC)[Si]1(CCCC)CCCC. The van der Waals surface area contributed by atoms with E-state index in [9.17, 15) is 0 Å². The molecule has 0 bridgehead atoms. The molecule has 1 aliphatic heterocycles. The third-order valence-electron chi connectivity index (χ3n) is 8.65. The Kier molecular flexibility index (Phi) is 14.7. The fraction of sp³-hybridized carbons (Fsp3) is 1.00. The Morgan fingerprint density at radius 2 is 0.867 bits per heavy atom. The van der Waals surface area contributed by atoms with Crippen LogP contribution in [-0.4, -0.2) is 29.1 Å². The minimum atomic E-state index is -1.61. The van der Waals surface area contributed by atoms with Crippen molar-refractivity contribution in [3.8, 4) is 0 Å². The van der Waals surface area contributed by atoms with Crippen LogP contribution in [-0.2, 0) is 4.43 Å². The van der Waals surface area contributed by atoms with Gasteiger partial charge in [0.1, 0.15) is 0 Å². The molecule has 0 saturated carbocycles. The monoisotopic (exact) mass is 470 g/mol. The van der Waals surface area contributed by atoms with Gasteiger partial charge in [-0.1, -0.05) is 143 Å². The molecule has 180 valence electrons. The van der Waals surface area contributed by atoms with Crippen LogP contribution in [0.1, 0.15) is 119 Å². The zero-order valence-corrected chi connectivity index (χ0v) is 25.1. The van der Waals surface area contributed by atoms with Gasteiger partial charge in [-0.05, 0) is 18.1 Å². The van der Waals surface area contributed by atoms with E-state index in [-0.39, 0.29) is 0 Å². The Morgan fingerprint density at radius 1 is 0.500 bits per heavy atom. The summed E-state index contributed by atoms with van der Waals surface area (Å²) in [6.45, 7) is 15.8. The van der Waals surface area contributed by atoms with E-state index in [1.165, 1.54) is 95.7 Å². The van der Waals surface area contributed by atoms with E-state index in [0.717, 1.165) is 0 Å². The van der Waals surface area contributed by atoms with Gasteiger partial charge in [0, 0.05) is 6.61 Å². The number of rotatable bonds is 18. The molecule has 1 heterocycles. The van der Waals surface area contributed by atoms with E-state index in [1.807, 2.05) is 0 Å². The average Bonchev–Trinajstić information content (AvgIpc) is 2.77. The van der Waals surface area contributed by atoms with Crippen LogP contribution in [0.15, 0.2) is 0 Å². The van der Waals surface area contributed by atoms with E-state index in [4.69, 9.17) is 4.43 Å². The summed E-state index contributed by atoms with van der Waals surface area (Å²) in [5.74, 6) is 0. The largest absolute Gasteiger partial charge is 0.420 e. The Labute approximate surface area is 194 Å². The first-order valence-electron chi connectivity index (χ1n) is 14.2. The summed E-state index contributed by atoms with van der Waals surface area (Å²) < 4.78 is 7.33. The van der Waals surface area contributed by atoms with Crippen LogP contribution in [0, 0.1) is 0 Å². The first-order chi connectivity index (χ1) is 14.6. The maximum Gasteiger partial charge on any atom is 0.177 e. The molecule has 1 rings (SSSR count). The Balaban J connectivity index is 3.61. The van der Waals surface area contributed by atoms with Gasteiger partial charge in [0.15, 0.2) is 7.83 Å². The molecule has 0 radical (unpaired) electrons. The fourth-order valence-electron chi connectivity index (χ4n) is 6.93. The van der Waals surface area contributed by atoms with E-state index < -0.39 is 22.5 Å². The lowest BCUT2D eigenvalue weighted by Crippen LogP contribution is -2.81. The van der Waals surface area contributed by atoms with Crippen molar-refractivity contribution in [3.05, 3.63) is 0 Å². The lowest BCUT2D eigenvalue weighted by atomic mass is 10.4. The molecule has 1 nitrogen and oxygen atoms in total. The molecule has 0 unspecified atom stereocenters. The normalized spacial score (nSPS) is 19.8. The zero-order valence-electron chi connectivity index (χ0n) is 22.1. The first kappa shape index (κ1) is 28.6. The van der Waals surface area contributed by atoms with Crippen molar-refractivity contribution in [2.45, 2.75) is 161 Å². The van der Waals surface area contributed by atoms with Gasteiger partial charge in [0.2, 0.25) is 0 Å². The zero-order chi connectivity index (χ0) is 22.3. The van der Waals surface area contributed by atoms with Crippen LogP contribution in [0.2, 0.25) is 42.3 Å². The molecule has 0 aromatic rings. The molecule has 0 N–H and O–H groups in total. The highest BCUT2D eigenvalue weighted by atomic mass is 29.6. The maximum atomic E-state index is 7.33. The predicted molar refractivity (Wildman–Crippen MR) is 146 cm³/mol. The van der Waals surface area contributed by atoms with Gasteiger partial charge in [-0.25, -0.2) is 0 Å². The van der Waals surface area contributed by atoms with Crippen molar-refractivity contribution >= 4 is 22.5 Å². The molecular weight excluding hydrogens is 413 g/mol. The highest BCUT2D eigenvalue weighted by molar-refractivity contribution is 7.69. The average molecular weight is 471 g/mol. The number of hydrogen-bond donors (Lipinski definition) is 0. The number of hydrogen-bond acceptors (Lipinski definition) is 1. The molecule has 1 saturated heterocycles. The fourth-order valence-corrected chi connectivity index (χ4v) is 57.7. The van der Waals surface area contributed by atoms with Gasteiger partial charge in [0.25, 0.3) is 0 Å². The molecular formula is C26H58OSi3. The molecule has 0 aromatic carbocycles. The molecule has 0 amide bonds. The molecule has 4 heteroatoms. The molecule has 30 heavy (non-hydrogen) atoms. The molecule has 0 aromatic heterocycles. The van der Waals surface area contributed by atoms with Gasteiger partial charge in [-0.15, -0.1) is 0 Å². The minimum Gasteiger partial charge on any atom is -0.420 e. The Bertz CT molecular complexity index is 373. The van der Waals surface area contributed by atoms with Crippen LogP contribution in [0.5, 0.6) is 0 Å². The second-order valence-corrected chi connectivity index (χ2v) is 34.2. The van der Waals surface area contributed by atoms with Gasteiger partial charge in [-0.2, -0.15) is 0 Å². The van der Waals surface area contributed by atoms with E-state index in [1.54, 1.807) is 30.2 Å². The highest BCUT2D eigenvalue weighted by Gasteiger charge is 2.66. The van der Waals surface area contributed by atoms with Crippen molar-refractivity contribution in [1.29, 1.82) is 0 Å².